The first-order valence-corrected chi connectivity index (χ1v) is 3.72. The molecular weight excluding hydrogens is 146 g/mol. The van der Waals surface area contributed by atoms with Crippen molar-refractivity contribution in [1.29, 1.82) is 0 Å². The van der Waals surface area contributed by atoms with Crippen molar-refractivity contribution in [3.63, 3.8) is 0 Å². The lowest BCUT2D eigenvalue weighted by molar-refractivity contribution is 0.285. The van der Waals surface area contributed by atoms with Crippen LogP contribution in [-0.4, -0.2) is 18.2 Å². The van der Waals surface area contributed by atoms with Crippen LogP contribution in [0.2, 0.25) is 0 Å². The molecule has 64 valence electrons. The predicted molar refractivity (Wildman–Crippen MR) is 42.7 cm³/mol. The number of hydrogen-bond acceptors (Lipinski definition) is 4. The molecule has 0 radical (unpaired) electrons. The van der Waals surface area contributed by atoms with Gasteiger partial charge in [-0.1, -0.05) is 19.8 Å². The van der Waals surface area contributed by atoms with Gasteiger partial charge in [-0.15, -0.1) is 9.81 Å². The average Bonchev–Trinajstić information content (AvgIpc) is 2.03. The van der Waals surface area contributed by atoms with Crippen LogP contribution in [0.25, 0.3) is 0 Å². The largest absolute Gasteiger partial charge is 0.236 e. The Morgan fingerprint density at radius 1 is 1.27 bits per heavy atom. The van der Waals surface area contributed by atoms with Gasteiger partial charge in [-0.3, -0.25) is 0 Å². The van der Waals surface area contributed by atoms with E-state index in [1.165, 1.54) is 0 Å². The van der Waals surface area contributed by atoms with Crippen molar-refractivity contribution >= 4 is 0 Å². The van der Waals surface area contributed by atoms with Crippen LogP contribution < -0.4 is 0 Å². The van der Waals surface area contributed by atoms with Gasteiger partial charge in [-0.2, -0.15) is 0 Å². The van der Waals surface area contributed by atoms with Gasteiger partial charge in [0.15, 0.2) is 6.67 Å². The third kappa shape index (κ3) is 5.44. The van der Waals surface area contributed by atoms with E-state index in [2.05, 4.69) is 17.4 Å². The van der Waals surface area contributed by atoms with E-state index in [-0.39, 0.29) is 6.67 Å². The minimum Gasteiger partial charge on any atom is -0.236 e. The fourth-order valence-electron chi connectivity index (χ4n) is 0.748. The second-order valence-electron chi connectivity index (χ2n) is 2.29. The molecule has 0 aromatic carbocycles. The molecule has 0 aromatic heterocycles. The van der Waals surface area contributed by atoms with Crippen LogP contribution in [0, 0.1) is 9.81 Å². The van der Waals surface area contributed by atoms with Crippen LogP contribution in [0.5, 0.6) is 0 Å². The SMILES string of the molecule is CCCCCN(CN=O)N=O. The normalized spacial score (nSPS) is 9.18. The minimum absolute atomic E-state index is 0.132. The second kappa shape index (κ2) is 7.11. The molecular formula is C6H13N3O2. The Balaban J connectivity index is 3.35. The summed E-state index contributed by atoms with van der Waals surface area (Å²) in [6, 6.07) is 0. The number of nitrogens with zero attached hydrogens (tertiary/aromatic N) is 3. The van der Waals surface area contributed by atoms with Crippen molar-refractivity contribution < 1.29 is 0 Å². The Morgan fingerprint density at radius 3 is 2.45 bits per heavy atom. The van der Waals surface area contributed by atoms with Gasteiger partial charge < -0.3 is 0 Å². The molecule has 5 heteroatoms. The van der Waals surface area contributed by atoms with E-state index >= 15 is 0 Å². The monoisotopic (exact) mass is 159 g/mol. The van der Waals surface area contributed by atoms with Gasteiger partial charge in [0.05, 0.1) is 5.29 Å². The Hall–Kier alpha value is -1.00. The zero-order valence-corrected chi connectivity index (χ0v) is 6.69. The maximum absolute atomic E-state index is 9.97. The molecule has 0 amide bonds. The molecule has 0 unspecified atom stereocenters. The van der Waals surface area contributed by atoms with Crippen LogP contribution in [0.15, 0.2) is 10.5 Å². The lowest BCUT2D eigenvalue weighted by Crippen LogP contribution is -2.17. The molecule has 0 N–H and O–H groups in total. The summed E-state index contributed by atoms with van der Waals surface area (Å²) in [5.41, 5.74) is 0. The van der Waals surface area contributed by atoms with Crippen molar-refractivity contribution in [2.24, 2.45) is 10.5 Å². The molecule has 0 heterocycles. The van der Waals surface area contributed by atoms with E-state index in [1.54, 1.807) is 0 Å². The highest BCUT2D eigenvalue weighted by Crippen LogP contribution is 1.98. The molecule has 0 bridgehead atoms. The molecule has 0 fully saturated rings. The van der Waals surface area contributed by atoms with Crippen molar-refractivity contribution in [3.05, 3.63) is 9.81 Å². The minimum atomic E-state index is -0.132. The van der Waals surface area contributed by atoms with E-state index in [0.717, 1.165) is 24.3 Å². The van der Waals surface area contributed by atoms with Gasteiger partial charge >= 0.3 is 0 Å². The highest BCUT2D eigenvalue weighted by molar-refractivity contribution is 4.49. The molecule has 5 nitrogen and oxygen atoms in total. The molecule has 0 rings (SSSR count). The average molecular weight is 159 g/mol. The molecule has 0 spiro atoms. The zero-order chi connectivity index (χ0) is 8.53. The number of nitroso groups, excluding NO2 is 2. The predicted octanol–water partition coefficient (Wildman–Crippen LogP) is 1.88. The summed E-state index contributed by atoms with van der Waals surface area (Å²) in [5, 5.41) is 6.33. The summed E-state index contributed by atoms with van der Waals surface area (Å²) in [7, 11) is 0. The van der Waals surface area contributed by atoms with Crippen LogP contribution in [0.4, 0.5) is 0 Å². The van der Waals surface area contributed by atoms with Gasteiger partial charge in [0, 0.05) is 6.54 Å². The summed E-state index contributed by atoms with van der Waals surface area (Å²) < 4.78 is 0. The van der Waals surface area contributed by atoms with Gasteiger partial charge in [-0.25, -0.2) is 5.01 Å². The lowest BCUT2D eigenvalue weighted by atomic mass is 10.2. The molecule has 0 saturated heterocycles. The van der Waals surface area contributed by atoms with Gasteiger partial charge in [-0.05, 0) is 11.6 Å². The first-order valence-electron chi connectivity index (χ1n) is 3.72. The first-order chi connectivity index (χ1) is 5.35. The number of hydrogen-bond donors (Lipinski definition) is 0. The van der Waals surface area contributed by atoms with Crippen LogP contribution in [-0.2, 0) is 0 Å². The first kappa shape index (κ1) is 10.0. The number of rotatable bonds is 7. The number of unbranched alkanes of at least 4 members (excludes halogenated alkanes) is 2. The fraction of sp³-hybridized carbons (Fsp3) is 1.00. The van der Waals surface area contributed by atoms with Gasteiger partial charge in [0.25, 0.3) is 0 Å². The third-order valence-electron chi connectivity index (χ3n) is 1.36. The molecule has 0 aliphatic carbocycles. The summed E-state index contributed by atoms with van der Waals surface area (Å²) in [5.74, 6) is 0. The van der Waals surface area contributed by atoms with Crippen molar-refractivity contribution in [2.75, 3.05) is 13.2 Å². The van der Waals surface area contributed by atoms with Crippen LogP contribution in [0.3, 0.4) is 0 Å². The molecule has 0 saturated carbocycles. The smallest absolute Gasteiger partial charge is 0.171 e. The fourth-order valence-corrected chi connectivity index (χ4v) is 0.748. The van der Waals surface area contributed by atoms with Crippen molar-refractivity contribution in [3.8, 4) is 0 Å². The molecule has 0 atom stereocenters. The summed E-state index contributed by atoms with van der Waals surface area (Å²) in [6.07, 6.45) is 3.02. The van der Waals surface area contributed by atoms with Gasteiger partial charge in [0.2, 0.25) is 0 Å². The highest BCUT2D eigenvalue weighted by atomic mass is 16.3. The highest BCUT2D eigenvalue weighted by Gasteiger charge is 1.99. The van der Waals surface area contributed by atoms with Crippen LogP contribution in [0.1, 0.15) is 26.2 Å². The van der Waals surface area contributed by atoms with Crippen molar-refractivity contribution in [1.82, 2.24) is 5.01 Å². The maximum Gasteiger partial charge on any atom is 0.171 e. The van der Waals surface area contributed by atoms with E-state index in [0.29, 0.717) is 6.54 Å². The Labute approximate surface area is 65.7 Å². The maximum atomic E-state index is 9.97. The summed E-state index contributed by atoms with van der Waals surface area (Å²) in [4.78, 5) is 19.7. The molecule has 0 aromatic rings. The topological polar surface area (TPSA) is 62.1 Å². The van der Waals surface area contributed by atoms with E-state index < -0.39 is 0 Å². The molecule has 0 aliphatic rings. The lowest BCUT2D eigenvalue weighted by Gasteiger charge is -2.08. The van der Waals surface area contributed by atoms with E-state index in [1.807, 2.05) is 0 Å². The zero-order valence-electron chi connectivity index (χ0n) is 6.69. The van der Waals surface area contributed by atoms with E-state index in [9.17, 15) is 9.81 Å². The van der Waals surface area contributed by atoms with Crippen LogP contribution >= 0.6 is 0 Å². The molecule has 0 aliphatic heterocycles. The summed E-state index contributed by atoms with van der Waals surface area (Å²) in [6.45, 7) is 2.47. The quantitative estimate of drug-likeness (QED) is 0.323. The summed E-state index contributed by atoms with van der Waals surface area (Å²) >= 11 is 0. The Morgan fingerprint density at radius 2 is 2.00 bits per heavy atom. The van der Waals surface area contributed by atoms with Crippen molar-refractivity contribution in [2.45, 2.75) is 26.2 Å². The van der Waals surface area contributed by atoms with E-state index in [4.69, 9.17) is 0 Å². The molecule has 11 heavy (non-hydrogen) atoms. The second-order valence-corrected chi connectivity index (χ2v) is 2.29. The Kier molecular flexibility index (Phi) is 6.46. The Bertz CT molecular complexity index is 118. The standard InChI is InChI=1S/C6H13N3O2/c1-2-3-4-5-9(8-11)6-7-10/h2-6H2,1H3. The third-order valence-corrected chi connectivity index (χ3v) is 1.36. The van der Waals surface area contributed by atoms with Gasteiger partial charge in [0.1, 0.15) is 0 Å².